The summed E-state index contributed by atoms with van der Waals surface area (Å²) in [4.78, 5) is 10.1. The van der Waals surface area contributed by atoms with Crippen molar-refractivity contribution in [3.8, 4) is 11.5 Å². The van der Waals surface area contributed by atoms with Crippen molar-refractivity contribution in [2.24, 2.45) is 0 Å². The van der Waals surface area contributed by atoms with Crippen LogP contribution in [0.25, 0.3) is 73.7 Å². The molecule has 0 amide bonds. The molecular formula is C53H33N3OS2. The SMILES string of the molecule is c1ccc(-c2nc3c(ccc4c(N(c5ccccc5)c5cccc6c5sc5ccccc56)cc(N(c5ccccc5)c5cccc6c5sc5ccccc56)cc43)o2)cc1. The van der Waals surface area contributed by atoms with Crippen molar-refractivity contribution in [1.29, 1.82) is 0 Å². The molecule has 0 saturated heterocycles. The van der Waals surface area contributed by atoms with Gasteiger partial charge in [0.15, 0.2) is 5.58 Å². The second kappa shape index (κ2) is 13.7. The first-order valence-corrected chi connectivity index (χ1v) is 21.3. The van der Waals surface area contributed by atoms with Gasteiger partial charge in [0, 0.05) is 64.3 Å². The summed E-state index contributed by atoms with van der Waals surface area (Å²) in [6, 6.07) is 71.5. The van der Waals surface area contributed by atoms with Crippen molar-refractivity contribution < 1.29 is 4.42 Å². The highest BCUT2D eigenvalue weighted by atomic mass is 32.1. The summed E-state index contributed by atoms with van der Waals surface area (Å²) in [5, 5.41) is 7.12. The molecule has 0 radical (unpaired) electrons. The van der Waals surface area contributed by atoms with Crippen molar-refractivity contribution in [1.82, 2.24) is 4.98 Å². The van der Waals surface area contributed by atoms with Gasteiger partial charge in [0.2, 0.25) is 5.89 Å². The van der Waals surface area contributed by atoms with Gasteiger partial charge in [-0.1, -0.05) is 115 Å². The van der Waals surface area contributed by atoms with E-state index in [9.17, 15) is 0 Å². The third kappa shape index (κ3) is 5.52. The highest BCUT2D eigenvalue weighted by molar-refractivity contribution is 7.26. The third-order valence-corrected chi connectivity index (χ3v) is 13.7. The average Bonchev–Trinajstić information content (AvgIpc) is 4.02. The van der Waals surface area contributed by atoms with Crippen LogP contribution in [-0.4, -0.2) is 4.98 Å². The molecule has 6 heteroatoms. The summed E-state index contributed by atoms with van der Waals surface area (Å²) in [7, 11) is 0. The van der Waals surface area contributed by atoms with E-state index in [0.29, 0.717) is 5.89 Å². The normalized spacial score (nSPS) is 11.7. The maximum absolute atomic E-state index is 6.55. The molecule has 0 fully saturated rings. The van der Waals surface area contributed by atoms with E-state index in [0.717, 1.165) is 61.6 Å². The van der Waals surface area contributed by atoms with Crippen LogP contribution in [0.4, 0.5) is 34.1 Å². The molecule has 0 N–H and O–H groups in total. The Hall–Kier alpha value is -7.25. The lowest BCUT2D eigenvalue weighted by molar-refractivity contribution is 0.620. The summed E-state index contributed by atoms with van der Waals surface area (Å²) >= 11 is 3.69. The Morgan fingerprint density at radius 1 is 0.373 bits per heavy atom. The lowest BCUT2D eigenvalue weighted by Gasteiger charge is -2.31. The maximum atomic E-state index is 6.55. The van der Waals surface area contributed by atoms with Gasteiger partial charge in [-0.15, -0.1) is 22.7 Å². The van der Waals surface area contributed by atoms with E-state index < -0.39 is 0 Å². The molecule has 0 unspecified atom stereocenters. The Labute approximate surface area is 348 Å². The molecule has 12 rings (SSSR count). The standard InChI is InChI=1S/C53H33N3OS2/c1-4-16-34(17-5-1)53-54-50-43-32-37(55(35-18-6-2-7-19-35)44-26-14-24-41-39-22-10-12-28-48(39)58-51(41)44)33-46(38(43)30-31-47(50)57-53)56(36-20-8-3-9-21-36)45-27-15-25-42-40-23-11-13-29-49(40)59-52(42)45/h1-33H. The molecule has 0 aliphatic carbocycles. The third-order valence-electron chi connectivity index (χ3n) is 11.3. The molecule has 59 heavy (non-hydrogen) atoms. The summed E-state index contributed by atoms with van der Waals surface area (Å²) < 4.78 is 11.6. The Morgan fingerprint density at radius 2 is 0.898 bits per heavy atom. The zero-order chi connectivity index (χ0) is 38.9. The van der Waals surface area contributed by atoms with E-state index >= 15 is 0 Å². The predicted octanol–water partition coefficient (Wildman–Crippen LogP) is 16.3. The first kappa shape index (κ1) is 33.8. The molecule has 0 spiro atoms. The first-order valence-electron chi connectivity index (χ1n) is 19.7. The highest BCUT2D eigenvalue weighted by Gasteiger charge is 2.25. The van der Waals surface area contributed by atoms with Crippen LogP contribution in [0.3, 0.4) is 0 Å². The molecule has 0 aliphatic rings. The fourth-order valence-electron chi connectivity index (χ4n) is 8.62. The van der Waals surface area contributed by atoms with Gasteiger partial charge in [-0.05, 0) is 84.9 Å². The molecule has 12 aromatic rings. The molecule has 3 heterocycles. The Balaban J connectivity index is 1.20. The lowest BCUT2D eigenvalue weighted by atomic mass is 10.0. The van der Waals surface area contributed by atoms with E-state index in [1.165, 1.54) is 40.3 Å². The first-order chi connectivity index (χ1) is 29.3. The van der Waals surface area contributed by atoms with Crippen molar-refractivity contribution in [3.05, 3.63) is 200 Å². The second-order valence-electron chi connectivity index (χ2n) is 14.7. The number of rotatable bonds is 7. The minimum absolute atomic E-state index is 0.602. The van der Waals surface area contributed by atoms with E-state index in [1.54, 1.807) is 0 Å². The van der Waals surface area contributed by atoms with Crippen LogP contribution in [0.5, 0.6) is 0 Å². The topological polar surface area (TPSA) is 32.5 Å². The van der Waals surface area contributed by atoms with Crippen LogP contribution in [0.1, 0.15) is 0 Å². The van der Waals surface area contributed by atoms with Gasteiger partial charge >= 0.3 is 0 Å². The van der Waals surface area contributed by atoms with Crippen LogP contribution >= 0.6 is 22.7 Å². The number of para-hydroxylation sites is 2. The Morgan fingerprint density at radius 3 is 1.53 bits per heavy atom. The number of fused-ring (bicyclic) bond motifs is 9. The van der Waals surface area contributed by atoms with Crippen LogP contribution < -0.4 is 9.80 Å². The van der Waals surface area contributed by atoms with Gasteiger partial charge in [0.05, 0.1) is 26.5 Å². The van der Waals surface area contributed by atoms with Crippen LogP contribution in [-0.2, 0) is 0 Å². The fourth-order valence-corrected chi connectivity index (χ4v) is 11.0. The minimum atomic E-state index is 0.602. The molecule has 278 valence electrons. The van der Waals surface area contributed by atoms with Crippen molar-refractivity contribution in [2.45, 2.75) is 0 Å². The van der Waals surface area contributed by atoms with E-state index in [2.05, 4.69) is 192 Å². The molecular weight excluding hydrogens is 759 g/mol. The number of thiophene rings is 2. The van der Waals surface area contributed by atoms with Crippen LogP contribution in [0.15, 0.2) is 205 Å². The molecule has 0 aliphatic heterocycles. The number of oxazole rings is 1. The van der Waals surface area contributed by atoms with E-state index in [-0.39, 0.29) is 0 Å². The molecule has 9 aromatic carbocycles. The van der Waals surface area contributed by atoms with Crippen LogP contribution in [0, 0.1) is 0 Å². The number of nitrogens with zero attached hydrogens (tertiary/aromatic N) is 3. The molecule has 0 atom stereocenters. The largest absolute Gasteiger partial charge is 0.436 e. The van der Waals surface area contributed by atoms with E-state index in [1.807, 2.05) is 40.9 Å². The Kier molecular flexibility index (Phi) is 7.86. The minimum Gasteiger partial charge on any atom is -0.436 e. The maximum Gasteiger partial charge on any atom is 0.227 e. The quantitative estimate of drug-likeness (QED) is 0.161. The monoisotopic (exact) mass is 791 g/mol. The second-order valence-corrected chi connectivity index (χ2v) is 16.8. The number of benzene rings is 9. The van der Waals surface area contributed by atoms with Gasteiger partial charge in [0.1, 0.15) is 5.52 Å². The van der Waals surface area contributed by atoms with Crippen molar-refractivity contribution >= 4 is 119 Å². The predicted molar refractivity (Wildman–Crippen MR) is 252 cm³/mol. The average molecular weight is 792 g/mol. The number of aromatic nitrogens is 1. The van der Waals surface area contributed by atoms with Gasteiger partial charge in [0.25, 0.3) is 0 Å². The fraction of sp³-hybridized carbons (Fsp3) is 0. The van der Waals surface area contributed by atoms with Gasteiger partial charge in [-0.3, -0.25) is 0 Å². The number of hydrogen-bond donors (Lipinski definition) is 0. The van der Waals surface area contributed by atoms with Crippen LogP contribution in [0.2, 0.25) is 0 Å². The Bertz CT molecular complexity index is 3520. The summed E-state index contributed by atoms with van der Waals surface area (Å²) in [5.41, 5.74) is 8.96. The van der Waals surface area contributed by atoms with Crippen molar-refractivity contribution in [2.75, 3.05) is 9.80 Å². The smallest absolute Gasteiger partial charge is 0.227 e. The molecule has 0 saturated carbocycles. The molecule has 4 nitrogen and oxygen atoms in total. The molecule has 0 bridgehead atoms. The lowest BCUT2D eigenvalue weighted by Crippen LogP contribution is -2.14. The summed E-state index contributed by atoms with van der Waals surface area (Å²) in [6.45, 7) is 0. The van der Waals surface area contributed by atoms with Crippen molar-refractivity contribution in [3.63, 3.8) is 0 Å². The molecule has 3 aromatic heterocycles. The summed E-state index contributed by atoms with van der Waals surface area (Å²) in [6.07, 6.45) is 0. The summed E-state index contributed by atoms with van der Waals surface area (Å²) in [5.74, 6) is 0.602. The van der Waals surface area contributed by atoms with Gasteiger partial charge < -0.3 is 14.2 Å². The highest BCUT2D eigenvalue weighted by Crippen LogP contribution is 2.51. The van der Waals surface area contributed by atoms with Gasteiger partial charge in [-0.2, -0.15) is 0 Å². The number of hydrogen-bond acceptors (Lipinski definition) is 6. The zero-order valence-corrected chi connectivity index (χ0v) is 33.3. The van der Waals surface area contributed by atoms with Gasteiger partial charge in [-0.25, -0.2) is 4.98 Å². The zero-order valence-electron chi connectivity index (χ0n) is 31.6. The number of anilines is 6. The van der Waals surface area contributed by atoms with E-state index in [4.69, 9.17) is 9.40 Å².